The molecule has 0 amide bonds. The van der Waals surface area contributed by atoms with Crippen LogP contribution >= 0.6 is 0 Å². The van der Waals surface area contributed by atoms with Crippen molar-refractivity contribution in [3.8, 4) is 0 Å². The molecule has 2 unspecified atom stereocenters. The third-order valence-corrected chi connectivity index (χ3v) is 4.54. The highest BCUT2D eigenvalue weighted by molar-refractivity contribution is 5.90. The van der Waals surface area contributed by atoms with E-state index >= 15 is 0 Å². The molecule has 2 aromatic rings. The van der Waals surface area contributed by atoms with Gasteiger partial charge in [-0.1, -0.05) is 0 Å². The summed E-state index contributed by atoms with van der Waals surface area (Å²) in [6.45, 7) is 0. The maximum absolute atomic E-state index is 12.3. The van der Waals surface area contributed by atoms with Crippen LogP contribution in [0.5, 0.6) is 0 Å². The molecular weight excluding hydrogens is 384 g/mol. The van der Waals surface area contributed by atoms with Gasteiger partial charge in [-0.25, -0.2) is 9.59 Å². The minimum atomic E-state index is -0.664. The zero-order chi connectivity index (χ0) is 21.0. The number of hydrogen-bond acceptors (Lipinski definition) is 8. The first-order chi connectivity index (χ1) is 13.8. The lowest BCUT2D eigenvalue weighted by Gasteiger charge is -2.20. The van der Waals surface area contributed by atoms with Crippen LogP contribution in [0.25, 0.3) is 0 Å². The second kappa shape index (κ2) is 8.46. The van der Waals surface area contributed by atoms with E-state index in [1.54, 1.807) is 0 Å². The van der Waals surface area contributed by atoms with Crippen LogP contribution in [0, 0.1) is 20.2 Å². The van der Waals surface area contributed by atoms with Crippen molar-refractivity contribution >= 4 is 23.3 Å². The number of nitro benzene ring substituents is 2. The molecule has 29 heavy (non-hydrogen) atoms. The normalized spacial score (nSPS) is 18.1. The fourth-order valence-corrected chi connectivity index (χ4v) is 3.01. The molecule has 2 aromatic carbocycles. The van der Waals surface area contributed by atoms with Crippen molar-refractivity contribution in [2.24, 2.45) is 0 Å². The maximum atomic E-state index is 12.3. The highest BCUT2D eigenvalue weighted by Gasteiger charge is 2.34. The summed E-state index contributed by atoms with van der Waals surface area (Å²) in [5, 5.41) is 21.4. The minimum absolute atomic E-state index is 0.141. The van der Waals surface area contributed by atoms with Crippen molar-refractivity contribution in [2.45, 2.75) is 31.5 Å². The predicted octanol–water partition coefficient (Wildman–Crippen LogP) is 3.44. The Bertz CT molecular complexity index is 862. The maximum Gasteiger partial charge on any atom is 0.338 e. The molecule has 3 rings (SSSR count). The molecule has 0 radical (unpaired) electrons. The van der Waals surface area contributed by atoms with Crippen LogP contribution in [0.3, 0.4) is 0 Å². The van der Waals surface area contributed by atoms with Crippen LogP contribution in [0.15, 0.2) is 48.5 Å². The number of nitrogens with zero attached hydrogens (tertiary/aromatic N) is 2. The van der Waals surface area contributed by atoms with E-state index in [2.05, 4.69) is 0 Å². The summed E-state index contributed by atoms with van der Waals surface area (Å²) in [6, 6.07) is 10.0. The van der Waals surface area contributed by atoms with Gasteiger partial charge in [0.1, 0.15) is 12.2 Å². The van der Waals surface area contributed by atoms with Gasteiger partial charge in [-0.15, -0.1) is 0 Å². The number of esters is 2. The van der Waals surface area contributed by atoms with Crippen LogP contribution in [-0.4, -0.2) is 34.0 Å². The Morgan fingerprint density at radius 3 is 1.38 bits per heavy atom. The Morgan fingerprint density at radius 1 is 0.724 bits per heavy atom. The first kappa shape index (κ1) is 19.9. The molecule has 0 saturated heterocycles. The van der Waals surface area contributed by atoms with E-state index < -0.39 is 34.0 Å². The quantitative estimate of drug-likeness (QED) is 0.408. The van der Waals surface area contributed by atoms with Crippen molar-refractivity contribution in [2.75, 3.05) is 0 Å². The number of carbonyl (C=O) groups is 2. The highest BCUT2D eigenvalue weighted by Crippen LogP contribution is 2.27. The Balaban J connectivity index is 1.61. The predicted molar refractivity (Wildman–Crippen MR) is 98.5 cm³/mol. The number of hydrogen-bond donors (Lipinski definition) is 0. The number of non-ortho nitro benzene ring substituents is 2. The van der Waals surface area contributed by atoms with Crippen LogP contribution in [-0.2, 0) is 9.47 Å². The lowest BCUT2D eigenvalue weighted by atomic mass is 10.2. The zero-order valence-corrected chi connectivity index (χ0v) is 15.1. The molecule has 1 aliphatic rings. The molecule has 10 heteroatoms. The van der Waals surface area contributed by atoms with Crippen molar-refractivity contribution < 1.29 is 28.9 Å². The molecule has 0 aliphatic heterocycles. The van der Waals surface area contributed by atoms with Crippen molar-refractivity contribution in [1.29, 1.82) is 0 Å². The van der Waals surface area contributed by atoms with Gasteiger partial charge in [0, 0.05) is 24.3 Å². The monoisotopic (exact) mass is 400 g/mol. The Hall–Kier alpha value is -3.82. The van der Waals surface area contributed by atoms with Crippen molar-refractivity contribution in [1.82, 2.24) is 0 Å². The second-order valence-corrected chi connectivity index (χ2v) is 6.43. The van der Waals surface area contributed by atoms with E-state index in [0.717, 1.165) is 0 Å². The lowest BCUT2D eigenvalue weighted by molar-refractivity contribution is -0.385. The van der Waals surface area contributed by atoms with Gasteiger partial charge in [0.25, 0.3) is 11.4 Å². The minimum Gasteiger partial charge on any atom is -0.455 e. The van der Waals surface area contributed by atoms with Gasteiger partial charge < -0.3 is 9.47 Å². The largest absolute Gasteiger partial charge is 0.455 e. The molecule has 0 spiro atoms. The number of benzene rings is 2. The molecule has 10 nitrogen and oxygen atoms in total. The van der Waals surface area contributed by atoms with E-state index in [4.69, 9.17) is 9.47 Å². The summed E-state index contributed by atoms with van der Waals surface area (Å²) in [4.78, 5) is 44.8. The van der Waals surface area contributed by atoms with Crippen LogP contribution < -0.4 is 0 Å². The Kier molecular flexibility index (Phi) is 5.82. The Morgan fingerprint density at radius 2 is 1.07 bits per heavy atom. The van der Waals surface area contributed by atoms with E-state index in [1.165, 1.54) is 48.5 Å². The SMILES string of the molecule is O=C(OC1CCCC1OC(=O)c1ccc([N+](=O)[O-])cc1)c1ccc([N+](=O)[O-])cc1. The van der Waals surface area contributed by atoms with Gasteiger partial charge in [-0.05, 0) is 43.5 Å². The van der Waals surface area contributed by atoms with Gasteiger partial charge >= 0.3 is 11.9 Å². The molecule has 0 aromatic heterocycles. The van der Waals surface area contributed by atoms with E-state index in [9.17, 15) is 29.8 Å². The van der Waals surface area contributed by atoms with E-state index in [1.807, 2.05) is 0 Å². The molecule has 1 aliphatic carbocycles. The summed E-state index contributed by atoms with van der Waals surface area (Å²) in [5.41, 5.74) is 0.0283. The molecule has 0 N–H and O–H groups in total. The summed E-state index contributed by atoms with van der Waals surface area (Å²) < 4.78 is 10.8. The fraction of sp³-hybridized carbons (Fsp3) is 0.263. The topological polar surface area (TPSA) is 139 Å². The molecular formula is C19H16N2O8. The lowest BCUT2D eigenvalue weighted by Crippen LogP contribution is -2.30. The Labute approximate surface area is 164 Å². The third-order valence-electron chi connectivity index (χ3n) is 4.54. The molecule has 1 fully saturated rings. The molecule has 1 saturated carbocycles. The number of rotatable bonds is 6. The van der Waals surface area contributed by atoms with Crippen molar-refractivity contribution in [3.05, 3.63) is 79.9 Å². The first-order valence-corrected chi connectivity index (χ1v) is 8.76. The highest BCUT2D eigenvalue weighted by atomic mass is 16.6. The number of carbonyl (C=O) groups excluding carboxylic acids is 2. The molecule has 0 bridgehead atoms. The van der Waals surface area contributed by atoms with E-state index in [0.29, 0.717) is 19.3 Å². The van der Waals surface area contributed by atoms with E-state index in [-0.39, 0.29) is 22.5 Å². The standard InChI is InChI=1S/C19H16N2O8/c22-18(12-4-8-14(9-5-12)20(24)25)28-16-2-1-3-17(16)29-19(23)13-6-10-15(11-7-13)21(26)27/h4-11,16-17H,1-3H2. The number of nitro groups is 2. The summed E-state index contributed by atoms with van der Waals surface area (Å²) in [6.07, 6.45) is 0.434. The van der Waals surface area contributed by atoms with Gasteiger partial charge in [0.05, 0.1) is 21.0 Å². The summed E-state index contributed by atoms with van der Waals surface area (Å²) in [7, 11) is 0. The van der Waals surface area contributed by atoms with Gasteiger partial charge in [-0.3, -0.25) is 20.2 Å². The fourth-order valence-electron chi connectivity index (χ4n) is 3.01. The average molecular weight is 400 g/mol. The van der Waals surface area contributed by atoms with Crippen LogP contribution in [0.2, 0.25) is 0 Å². The third kappa shape index (κ3) is 4.72. The molecule has 0 heterocycles. The first-order valence-electron chi connectivity index (χ1n) is 8.76. The van der Waals surface area contributed by atoms with Gasteiger partial charge in [0.15, 0.2) is 0 Å². The molecule has 2 atom stereocenters. The average Bonchev–Trinajstić information content (AvgIpc) is 3.14. The van der Waals surface area contributed by atoms with Crippen molar-refractivity contribution in [3.63, 3.8) is 0 Å². The summed E-state index contributed by atoms with van der Waals surface area (Å²) >= 11 is 0. The number of ether oxygens (including phenoxy) is 2. The van der Waals surface area contributed by atoms with Gasteiger partial charge in [0.2, 0.25) is 0 Å². The van der Waals surface area contributed by atoms with Crippen LogP contribution in [0.4, 0.5) is 11.4 Å². The van der Waals surface area contributed by atoms with Crippen LogP contribution in [0.1, 0.15) is 40.0 Å². The zero-order valence-electron chi connectivity index (χ0n) is 15.1. The summed E-state index contributed by atoms with van der Waals surface area (Å²) in [5.74, 6) is -1.33. The smallest absolute Gasteiger partial charge is 0.338 e. The molecule has 150 valence electrons. The second-order valence-electron chi connectivity index (χ2n) is 6.43. The van der Waals surface area contributed by atoms with Gasteiger partial charge in [-0.2, -0.15) is 0 Å².